The van der Waals surface area contributed by atoms with E-state index in [-0.39, 0.29) is 18.2 Å². The molecule has 2 bridgehead atoms. The standard InChI is InChI=1S/C20H34N6O2S/c1-20(2,3)28-19(27)26-15-7-8-16(26)10-13(9-15)23-17(21-4)22-11-14-12-29-18(24-14)25(5)6/h12-13,15-16H,7-11H2,1-6H3,(H2,21,22,23). The van der Waals surface area contributed by atoms with E-state index in [2.05, 4.69) is 26.0 Å². The molecule has 2 fully saturated rings. The van der Waals surface area contributed by atoms with Crippen molar-refractivity contribution in [3.63, 3.8) is 0 Å². The molecular formula is C20H34N6O2S. The van der Waals surface area contributed by atoms with Gasteiger partial charge in [-0.2, -0.15) is 0 Å². The average Bonchev–Trinajstić information content (AvgIpc) is 3.20. The van der Waals surface area contributed by atoms with Crippen molar-refractivity contribution in [3.05, 3.63) is 11.1 Å². The first kappa shape index (κ1) is 21.7. The molecule has 2 unspecified atom stereocenters. The highest BCUT2D eigenvalue weighted by atomic mass is 32.1. The van der Waals surface area contributed by atoms with Gasteiger partial charge in [-0.25, -0.2) is 9.78 Å². The van der Waals surface area contributed by atoms with Gasteiger partial charge in [0.2, 0.25) is 0 Å². The van der Waals surface area contributed by atoms with Gasteiger partial charge in [-0.15, -0.1) is 11.3 Å². The van der Waals surface area contributed by atoms with Crippen LogP contribution in [0.25, 0.3) is 0 Å². The summed E-state index contributed by atoms with van der Waals surface area (Å²) in [5.74, 6) is 0.777. The maximum atomic E-state index is 12.6. The van der Waals surface area contributed by atoms with E-state index in [9.17, 15) is 4.79 Å². The number of thiazole rings is 1. The van der Waals surface area contributed by atoms with Crippen LogP contribution in [0.4, 0.5) is 9.93 Å². The van der Waals surface area contributed by atoms with Crippen molar-refractivity contribution in [1.29, 1.82) is 0 Å². The van der Waals surface area contributed by atoms with E-state index in [0.717, 1.165) is 42.5 Å². The van der Waals surface area contributed by atoms with Crippen molar-refractivity contribution in [1.82, 2.24) is 20.5 Å². The van der Waals surface area contributed by atoms with Gasteiger partial charge < -0.3 is 25.2 Å². The van der Waals surface area contributed by atoms with Crippen LogP contribution in [0.5, 0.6) is 0 Å². The molecule has 3 rings (SSSR count). The Morgan fingerprint density at radius 2 is 2.00 bits per heavy atom. The van der Waals surface area contributed by atoms with Gasteiger partial charge >= 0.3 is 6.09 Å². The van der Waals surface area contributed by atoms with Crippen molar-refractivity contribution < 1.29 is 9.53 Å². The van der Waals surface area contributed by atoms with Gasteiger partial charge in [0.1, 0.15) is 5.60 Å². The summed E-state index contributed by atoms with van der Waals surface area (Å²) < 4.78 is 5.62. The fourth-order valence-electron chi connectivity index (χ4n) is 4.05. The van der Waals surface area contributed by atoms with E-state index in [1.807, 2.05) is 44.7 Å². The fourth-order valence-corrected chi connectivity index (χ4v) is 4.81. The van der Waals surface area contributed by atoms with Gasteiger partial charge in [-0.1, -0.05) is 0 Å². The lowest BCUT2D eigenvalue weighted by Crippen LogP contribution is -2.54. The zero-order valence-electron chi connectivity index (χ0n) is 18.4. The third kappa shape index (κ3) is 5.52. The van der Waals surface area contributed by atoms with Crippen molar-refractivity contribution in [2.75, 3.05) is 26.0 Å². The lowest BCUT2D eigenvalue weighted by molar-refractivity contribution is 0.00545. The second kappa shape index (κ2) is 8.77. The Bertz CT molecular complexity index is 728. The Kier molecular flexibility index (Phi) is 6.55. The summed E-state index contributed by atoms with van der Waals surface area (Å²) in [5.41, 5.74) is 0.543. The van der Waals surface area contributed by atoms with Crippen molar-refractivity contribution >= 4 is 28.5 Å². The van der Waals surface area contributed by atoms with Gasteiger partial charge in [0.25, 0.3) is 0 Å². The summed E-state index contributed by atoms with van der Waals surface area (Å²) in [4.78, 5) is 25.5. The molecule has 3 heterocycles. The molecule has 0 aliphatic carbocycles. The summed E-state index contributed by atoms with van der Waals surface area (Å²) in [6.07, 6.45) is 3.74. The number of fused-ring (bicyclic) bond motifs is 2. The molecule has 2 saturated heterocycles. The highest BCUT2D eigenvalue weighted by Gasteiger charge is 2.45. The quantitative estimate of drug-likeness (QED) is 0.574. The van der Waals surface area contributed by atoms with Crippen LogP contribution in [0, 0.1) is 0 Å². The number of hydrogen-bond donors (Lipinski definition) is 2. The number of aliphatic imine (C=N–C) groups is 1. The van der Waals surface area contributed by atoms with E-state index in [1.54, 1.807) is 18.4 Å². The molecule has 8 nitrogen and oxygen atoms in total. The average molecular weight is 423 g/mol. The molecule has 2 aliphatic rings. The van der Waals surface area contributed by atoms with E-state index in [0.29, 0.717) is 12.6 Å². The summed E-state index contributed by atoms with van der Waals surface area (Å²) >= 11 is 1.63. The number of carbonyl (C=O) groups is 1. The van der Waals surface area contributed by atoms with E-state index < -0.39 is 5.60 Å². The first-order valence-corrected chi connectivity index (χ1v) is 11.1. The topological polar surface area (TPSA) is 82.1 Å². The minimum absolute atomic E-state index is 0.175. The van der Waals surface area contributed by atoms with Crippen LogP contribution in [-0.4, -0.2) is 66.8 Å². The fraction of sp³-hybridized carbons (Fsp3) is 0.750. The number of guanidine groups is 1. The van der Waals surface area contributed by atoms with Gasteiger partial charge in [0, 0.05) is 44.6 Å². The second-order valence-corrected chi connectivity index (χ2v) is 9.86. The van der Waals surface area contributed by atoms with Crippen LogP contribution in [-0.2, 0) is 11.3 Å². The van der Waals surface area contributed by atoms with Crippen LogP contribution >= 0.6 is 11.3 Å². The van der Waals surface area contributed by atoms with Crippen LogP contribution in [0.3, 0.4) is 0 Å². The number of anilines is 1. The maximum Gasteiger partial charge on any atom is 0.410 e. The Morgan fingerprint density at radius 1 is 1.34 bits per heavy atom. The van der Waals surface area contributed by atoms with Crippen LogP contribution in [0.15, 0.2) is 10.4 Å². The molecule has 2 atom stereocenters. The van der Waals surface area contributed by atoms with Crippen LogP contribution < -0.4 is 15.5 Å². The second-order valence-electron chi connectivity index (χ2n) is 9.03. The third-order valence-electron chi connectivity index (χ3n) is 5.26. The van der Waals surface area contributed by atoms with Crippen molar-refractivity contribution in [2.24, 2.45) is 4.99 Å². The molecule has 29 heavy (non-hydrogen) atoms. The maximum absolute atomic E-state index is 12.6. The minimum Gasteiger partial charge on any atom is -0.444 e. The highest BCUT2D eigenvalue weighted by Crippen LogP contribution is 2.36. The first-order valence-electron chi connectivity index (χ1n) is 10.3. The van der Waals surface area contributed by atoms with E-state index >= 15 is 0 Å². The number of hydrogen-bond acceptors (Lipinski definition) is 6. The molecule has 1 amide bonds. The molecule has 162 valence electrons. The highest BCUT2D eigenvalue weighted by molar-refractivity contribution is 7.13. The largest absolute Gasteiger partial charge is 0.444 e. The molecule has 2 N–H and O–H groups in total. The molecule has 1 aromatic heterocycles. The first-order chi connectivity index (χ1) is 13.7. The van der Waals surface area contributed by atoms with Crippen molar-refractivity contribution in [2.45, 2.75) is 76.7 Å². The summed E-state index contributed by atoms with van der Waals surface area (Å²) in [6.45, 7) is 6.38. The Balaban J connectivity index is 1.52. The zero-order valence-corrected chi connectivity index (χ0v) is 19.2. The van der Waals surface area contributed by atoms with Gasteiger partial charge in [-0.3, -0.25) is 4.99 Å². The smallest absolute Gasteiger partial charge is 0.410 e. The van der Waals surface area contributed by atoms with Gasteiger partial charge in [0.15, 0.2) is 11.1 Å². The monoisotopic (exact) mass is 422 g/mol. The van der Waals surface area contributed by atoms with Crippen LogP contribution in [0.1, 0.15) is 52.1 Å². The predicted molar refractivity (Wildman–Crippen MR) is 118 cm³/mol. The Labute approximate surface area is 177 Å². The van der Waals surface area contributed by atoms with E-state index in [1.165, 1.54) is 0 Å². The summed E-state index contributed by atoms with van der Waals surface area (Å²) in [5, 5.41) is 9.96. The molecule has 2 aliphatic heterocycles. The molecular weight excluding hydrogens is 388 g/mol. The molecule has 0 aromatic carbocycles. The summed E-state index contributed by atoms with van der Waals surface area (Å²) in [7, 11) is 5.77. The number of piperidine rings is 1. The zero-order chi connectivity index (χ0) is 21.2. The third-order valence-corrected chi connectivity index (χ3v) is 6.32. The van der Waals surface area contributed by atoms with E-state index in [4.69, 9.17) is 4.74 Å². The van der Waals surface area contributed by atoms with Gasteiger partial charge in [-0.05, 0) is 46.5 Å². The number of nitrogens with one attached hydrogen (secondary N) is 2. The van der Waals surface area contributed by atoms with Crippen molar-refractivity contribution in [3.8, 4) is 0 Å². The normalized spacial score (nSPS) is 24.4. The van der Waals surface area contributed by atoms with Crippen LogP contribution in [0.2, 0.25) is 0 Å². The molecule has 0 spiro atoms. The SMILES string of the molecule is CN=C(NCc1csc(N(C)C)n1)NC1CC2CCC(C1)N2C(=O)OC(C)(C)C. The molecule has 9 heteroatoms. The molecule has 0 saturated carbocycles. The Hall–Kier alpha value is -2.03. The number of carbonyl (C=O) groups excluding carboxylic acids is 1. The van der Waals surface area contributed by atoms with Gasteiger partial charge in [0.05, 0.1) is 12.2 Å². The number of amides is 1. The molecule has 0 radical (unpaired) electrons. The number of aromatic nitrogens is 1. The minimum atomic E-state index is -0.459. The number of rotatable bonds is 4. The molecule has 1 aromatic rings. The lowest BCUT2D eigenvalue weighted by atomic mass is 9.98. The lowest BCUT2D eigenvalue weighted by Gasteiger charge is -2.40. The predicted octanol–water partition coefficient (Wildman–Crippen LogP) is 2.80. The number of nitrogens with zero attached hydrogens (tertiary/aromatic N) is 4. The summed E-state index contributed by atoms with van der Waals surface area (Å²) in [6, 6.07) is 0.769. The Morgan fingerprint density at radius 3 is 2.52 bits per heavy atom. The number of ether oxygens (including phenoxy) is 1.